The van der Waals surface area contributed by atoms with E-state index in [-0.39, 0.29) is 11.1 Å². The summed E-state index contributed by atoms with van der Waals surface area (Å²) < 4.78 is 0. The molecule has 14 nitrogen and oxygen atoms in total. The van der Waals surface area contributed by atoms with Gasteiger partial charge in [0.1, 0.15) is 0 Å². The summed E-state index contributed by atoms with van der Waals surface area (Å²) in [6.07, 6.45) is 0. The molecule has 42 heavy (non-hydrogen) atoms. The lowest BCUT2D eigenvalue weighted by atomic mass is 10.0. The van der Waals surface area contributed by atoms with Crippen molar-refractivity contribution < 1.29 is 39.2 Å². The van der Waals surface area contributed by atoms with E-state index in [0.717, 1.165) is 36.4 Å². The van der Waals surface area contributed by atoms with Crippen LogP contribution in [0.15, 0.2) is 84.9 Å². The number of nitrogens with one attached hydrogen (secondary N) is 2. The van der Waals surface area contributed by atoms with E-state index in [0.29, 0.717) is 22.5 Å². The van der Waals surface area contributed by atoms with E-state index < -0.39 is 56.1 Å². The highest BCUT2D eigenvalue weighted by Gasteiger charge is 2.22. The van der Waals surface area contributed by atoms with Crippen LogP contribution in [0.4, 0.5) is 22.7 Å². The van der Waals surface area contributed by atoms with Crippen LogP contribution < -0.4 is 10.6 Å². The van der Waals surface area contributed by atoms with Gasteiger partial charge in [0.15, 0.2) is 0 Å². The number of aromatic carboxylic acids is 2. The maximum atomic E-state index is 12.7. The smallest absolute Gasteiger partial charge is 0.336 e. The highest BCUT2D eigenvalue weighted by molar-refractivity contribution is 6.12. The summed E-state index contributed by atoms with van der Waals surface area (Å²) in [5, 5.41) is 45.8. The Labute approximate surface area is 235 Å². The molecule has 4 aromatic rings. The van der Waals surface area contributed by atoms with E-state index >= 15 is 0 Å². The van der Waals surface area contributed by atoms with E-state index in [1.165, 1.54) is 24.3 Å². The largest absolute Gasteiger partial charge is 0.478 e. The summed E-state index contributed by atoms with van der Waals surface area (Å²) in [6, 6.07) is 18.5. The lowest BCUT2D eigenvalue weighted by molar-refractivity contribution is -0.385. The number of nitro groups is 2. The summed E-state index contributed by atoms with van der Waals surface area (Å²) in [6.45, 7) is 0. The van der Waals surface area contributed by atoms with Crippen LogP contribution in [0.5, 0.6) is 0 Å². The number of rotatable bonds is 9. The molecule has 0 saturated carbocycles. The Kier molecular flexibility index (Phi) is 7.99. The van der Waals surface area contributed by atoms with Crippen molar-refractivity contribution in [1.82, 2.24) is 0 Å². The van der Waals surface area contributed by atoms with Gasteiger partial charge in [-0.25, -0.2) is 9.59 Å². The van der Waals surface area contributed by atoms with Crippen LogP contribution in [-0.4, -0.2) is 43.8 Å². The van der Waals surface area contributed by atoms with E-state index in [4.69, 9.17) is 0 Å². The van der Waals surface area contributed by atoms with Crippen molar-refractivity contribution in [2.24, 2.45) is 0 Å². The van der Waals surface area contributed by atoms with Gasteiger partial charge in [0.05, 0.1) is 32.1 Å². The van der Waals surface area contributed by atoms with Gasteiger partial charge in [0, 0.05) is 35.6 Å². The van der Waals surface area contributed by atoms with Crippen molar-refractivity contribution in [3.63, 3.8) is 0 Å². The van der Waals surface area contributed by atoms with Crippen LogP contribution in [0.25, 0.3) is 11.1 Å². The molecule has 210 valence electrons. The molecular weight excluding hydrogens is 552 g/mol. The minimum absolute atomic E-state index is 0.293. The first kappa shape index (κ1) is 28.6. The Morgan fingerprint density at radius 1 is 0.524 bits per heavy atom. The highest BCUT2D eigenvalue weighted by atomic mass is 16.6. The summed E-state index contributed by atoms with van der Waals surface area (Å²) in [5.74, 6) is -4.53. The third-order valence-corrected chi connectivity index (χ3v) is 6.00. The summed E-state index contributed by atoms with van der Waals surface area (Å²) in [7, 11) is 0. The molecule has 0 aromatic heterocycles. The summed E-state index contributed by atoms with van der Waals surface area (Å²) in [4.78, 5) is 69.0. The van der Waals surface area contributed by atoms with Crippen LogP contribution in [0.1, 0.15) is 41.4 Å². The number of nitrogens with zero attached hydrogens (tertiary/aromatic N) is 2. The molecule has 0 bridgehead atoms. The average molecular weight is 570 g/mol. The molecule has 0 heterocycles. The lowest BCUT2D eigenvalue weighted by Crippen LogP contribution is -2.17. The molecule has 0 fully saturated rings. The van der Waals surface area contributed by atoms with Gasteiger partial charge in [-0.2, -0.15) is 0 Å². The normalized spacial score (nSPS) is 10.4. The summed E-state index contributed by atoms with van der Waals surface area (Å²) >= 11 is 0. The first-order valence-corrected chi connectivity index (χ1v) is 11.8. The molecule has 0 aliphatic carbocycles. The molecule has 0 aliphatic rings. The first-order valence-electron chi connectivity index (χ1n) is 11.8. The SMILES string of the molecule is O=C(O)c1ccc([N+](=O)[O-])cc1C(=O)Nc1ccc(-c2ccc(NC(=O)c3cc([N+](=O)[O-])ccc3C(=O)O)cc2)cc1. The Hall–Kier alpha value is -6.44. The van der Waals surface area contributed by atoms with Gasteiger partial charge >= 0.3 is 11.9 Å². The van der Waals surface area contributed by atoms with Crippen LogP contribution in [-0.2, 0) is 0 Å². The Morgan fingerprint density at radius 3 is 1.14 bits per heavy atom. The minimum atomic E-state index is -1.42. The van der Waals surface area contributed by atoms with Crippen molar-refractivity contribution in [1.29, 1.82) is 0 Å². The number of anilines is 2. The number of carbonyl (C=O) groups is 4. The van der Waals surface area contributed by atoms with Gasteiger partial charge in [-0.1, -0.05) is 24.3 Å². The van der Waals surface area contributed by atoms with Crippen molar-refractivity contribution in [3.05, 3.63) is 127 Å². The van der Waals surface area contributed by atoms with Crippen molar-refractivity contribution in [3.8, 4) is 11.1 Å². The maximum Gasteiger partial charge on any atom is 0.336 e. The number of carboxylic acids is 2. The first-order chi connectivity index (χ1) is 19.9. The van der Waals surface area contributed by atoms with Gasteiger partial charge in [-0.15, -0.1) is 0 Å². The number of nitro benzene ring substituents is 2. The average Bonchev–Trinajstić information content (AvgIpc) is 2.97. The number of carboxylic acid groups (broad SMARTS) is 2. The monoisotopic (exact) mass is 570 g/mol. The molecule has 0 saturated heterocycles. The number of non-ortho nitro benzene ring substituents is 2. The Bertz CT molecular complexity index is 1640. The molecule has 0 radical (unpaired) electrons. The molecule has 4 aromatic carbocycles. The quantitative estimate of drug-likeness (QED) is 0.154. The lowest BCUT2D eigenvalue weighted by Gasteiger charge is -2.10. The molecule has 0 unspecified atom stereocenters. The van der Waals surface area contributed by atoms with E-state index in [1.807, 2.05) is 0 Å². The zero-order valence-corrected chi connectivity index (χ0v) is 21.1. The number of carbonyl (C=O) groups excluding carboxylic acids is 2. The molecule has 4 N–H and O–H groups in total. The van der Waals surface area contributed by atoms with Crippen molar-refractivity contribution in [2.45, 2.75) is 0 Å². The number of hydrogen-bond acceptors (Lipinski definition) is 8. The van der Waals surface area contributed by atoms with Gasteiger partial charge in [0.2, 0.25) is 0 Å². The van der Waals surface area contributed by atoms with E-state index in [9.17, 15) is 49.6 Å². The zero-order valence-electron chi connectivity index (χ0n) is 21.1. The second-order valence-electron chi connectivity index (χ2n) is 8.65. The molecule has 4 rings (SSSR count). The predicted octanol–water partition coefficient (Wildman–Crippen LogP) is 5.07. The highest BCUT2D eigenvalue weighted by Crippen LogP contribution is 2.26. The van der Waals surface area contributed by atoms with Gasteiger partial charge in [-0.3, -0.25) is 29.8 Å². The Morgan fingerprint density at radius 2 is 0.857 bits per heavy atom. The number of amides is 2. The molecule has 0 aliphatic heterocycles. The standard InChI is InChI=1S/C28H18N4O10/c33-25(23-13-19(31(39)40)9-11-21(23)27(35)36)29-17-5-1-15(2-6-17)16-3-7-18(8-4-16)30-26(34)24-14-20(32(41)42)10-12-22(24)28(37)38/h1-14H,(H,29,33)(H,30,34)(H,35,36)(H,37,38). The second kappa shape index (κ2) is 11.7. The van der Waals surface area contributed by atoms with Crippen LogP contribution >= 0.6 is 0 Å². The summed E-state index contributed by atoms with van der Waals surface area (Å²) in [5.41, 5.74) is -0.446. The van der Waals surface area contributed by atoms with Crippen molar-refractivity contribution >= 4 is 46.5 Å². The molecule has 14 heteroatoms. The van der Waals surface area contributed by atoms with Crippen LogP contribution in [0.3, 0.4) is 0 Å². The van der Waals surface area contributed by atoms with Gasteiger partial charge in [0.25, 0.3) is 23.2 Å². The van der Waals surface area contributed by atoms with Crippen LogP contribution in [0, 0.1) is 20.2 Å². The Balaban J connectivity index is 1.48. The minimum Gasteiger partial charge on any atom is -0.478 e. The number of benzene rings is 4. The predicted molar refractivity (Wildman–Crippen MR) is 148 cm³/mol. The molecule has 0 spiro atoms. The zero-order chi connectivity index (χ0) is 30.6. The topological polar surface area (TPSA) is 219 Å². The van der Waals surface area contributed by atoms with E-state index in [2.05, 4.69) is 10.6 Å². The van der Waals surface area contributed by atoms with Gasteiger partial charge in [-0.05, 0) is 47.5 Å². The van der Waals surface area contributed by atoms with E-state index in [1.54, 1.807) is 24.3 Å². The fourth-order valence-corrected chi connectivity index (χ4v) is 3.93. The van der Waals surface area contributed by atoms with Gasteiger partial charge < -0.3 is 20.8 Å². The fourth-order valence-electron chi connectivity index (χ4n) is 3.93. The fraction of sp³-hybridized carbons (Fsp3) is 0. The maximum absolute atomic E-state index is 12.7. The molecular formula is C28H18N4O10. The third kappa shape index (κ3) is 6.23. The molecule has 0 atom stereocenters. The van der Waals surface area contributed by atoms with Crippen molar-refractivity contribution in [2.75, 3.05) is 10.6 Å². The molecule has 2 amide bonds. The third-order valence-electron chi connectivity index (χ3n) is 6.00. The second-order valence-corrected chi connectivity index (χ2v) is 8.65. The number of hydrogen-bond donors (Lipinski definition) is 4. The van der Waals surface area contributed by atoms with Crippen LogP contribution in [0.2, 0.25) is 0 Å².